The maximum Gasteiger partial charge on any atom is 0.220 e. The fourth-order valence-electron chi connectivity index (χ4n) is 2.21. The topological polar surface area (TPSA) is 52.6 Å². The van der Waals surface area contributed by atoms with Gasteiger partial charge in [-0.3, -0.25) is 4.79 Å². The van der Waals surface area contributed by atoms with Crippen LogP contribution in [0.3, 0.4) is 0 Å². The van der Waals surface area contributed by atoms with Crippen LogP contribution in [0, 0.1) is 0 Å². The predicted octanol–water partition coefficient (Wildman–Crippen LogP) is 1.59. The summed E-state index contributed by atoms with van der Waals surface area (Å²) < 4.78 is 0. The van der Waals surface area contributed by atoms with Crippen LogP contribution in [0.2, 0.25) is 0 Å². The van der Waals surface area contributed by atoms with E-state index in [4.69, 9.17) is 0 Å². The van der Waals surface area contributed by atoms with E-state index in [1.165, 1.54) is 10.6 Å². The van der Waals surface area contributed by atoms with Crippen molar-refractivity contribution in [2.45, 2.75) is 31.7 Å². The molecule has 0 atom stereocenters. The molecule has 1 aliphatic rings. The molecule has 1 amide bonds. The third-order valence-corrected chi connectivity index (χ3v) is 3.32. The third-order valence-electron chi connectivity index (χ3n) is 3.32. The Balaban J connectivity index is 1.69. The fraction of sp³-hybridized carbons (Fsp3) is 0.500. The van der Waals surface area contributed by atoms with Gasteiger partial charge in [0.15, 0.2) is 0 Å². The van der Waals surface area contributed by atoms with Crippen molar-refractivity contribution in [3.63, 3.8) is 0 Å². The molecule has 1 heterocycles. The van der Waals surface area contributed by atoms with Crippen molar-refractivity contribution >= 4 is 5.91 Å². The number of carbonyl (C=O) groups excluding carboxylic acids is 1. The van der Waals surface area contributed by atoms with Gasteiger partial charge < -0.3 is 10.5 Å². The lowest BCUT2D eigenvalue weighted by Gasteiger charge is -2.28. The highest BCUT2D eigenvalue weighted by Gasteiger charge is 2.19. The van der Waals surface area contributed by atoms with Crippen molar-refractivity contribution in [2.75, 3.05) is 13.1 Å². The Morgan fingerprint density at radius 2 is 1.94 bits per heavy atom. The van der Waals surface area contributed by atoms with Gasteiger partial charge in [-0.2, -0.15) is 5.06 Å². The van der Waals surface area contributed by atoms with Gasteiger partial charge in [-0.15, -0.1) is 0 Å². The summed E-state index contributed by atoms with van der Waals surface area (Å²) in [5.41, 5.74) is 1.19. The zero-order valence-corrected chi connectivity index (χ0v) is 10.5. The molecule has 1 saturated heterocycles. The van der Waals surface area contributed by atoms with Crippen LogP contribution in [0.5, 0.6) is 0 Å². The zero-order valence-electron chi connectivity index (χ0n) is 10.5. The number of amides is 1. The molecule has 98 valence electrons. The van der Waals surface area contributed by atoms with E-state index in [9.17, 15) is 10.0 Å². The largest absolute Gasteiger partial charge is 0.353 e. The van der Waals surface area contributed by atoms with Gasteiger partial charge >= 0.3 is 0 Å². The van der Waals surface area contributed by atoms with Crippen LogP contribution in [-0.2, 0) is 11.2 Å². The van der Waals surface area contributed by atoms with E-state index in [0.717, 1.165) is 19.3 Å². The molecule has 2 N–H and O–H groups in total. The molecule has 0 radical (unpaired) electrons. The summed E-state index contributed by atoms with van der Waals surface area (Å²) >= 11 is 0. The number of rotatable bonds is 4. The summed E-state index contributed by atoms with van der Waals surface area (Å²) in [6.07, 6.45) is 2.97. The molecule has 0 aliphatic carbocycles. The molecule has 18 heavy (non-hydrogen) atoms. The van der Waals surface area contributed by atoms with Crippen LogP contribution in [0.25, 0.3) is 0 Å². The molecule has 1 aromatic carbocycles. The van der Waals surface area contributed by atoms with Gasteiger partial charge in [0.1, 0.15) is 0 Å². The number of carbonyl (C=O) groups is 1. The Morgan fingerprint density at radius 1 is 1.28 bits per heavy atom. The monoisotopic (exact) mass is 248 g/mol. The lowest BCUT2D eigenvalue weighted by molar-refractivity contribution is -0.126. The highest BCUT2D eigenvalue weighted by atomic mass is 16.5. The van der Waals surface area contributed by atoms with Gasteiger partial charge in [-0.25, -0.2) is 0 Å². The first kappa shape index (κ1) is 13.1. The molecule has 1 aliphatic heterocycles. The van der Waals surface area contributed by atoms with Crippen molar-refractivity contribution in [2.24, 2.45) is 0 Å². The third kappa shape index (κ3) is 4.13. The molecule has 0 aromatic heterocycles. The first-order chi connectivity index (χ1) is 8.74. The van der Waals surface area contributed by atoms with Crippen LogP contribution in [-0.4, -0.2) is 35.3 Å². The minimum atomic E-state index is 0.107. The average Bonchev–Trinajstić information content (AvgIpc) is 2.40. The predicted molar refractivity (Wildman–Crippen MR) is 69.3 cm³/mol. The minimum Gasteiger partial charge on any atom is -0.353 e. The van der Waals surface area contributed by atoms with Crippen LogP contribution in [0.4, 0.5) is 0 Å². The van der Waals surface area contributed by atoms with E-state index in [1.54, 1.807) is 0 Å². The van der Waals surface area contributed by atoms with E-state index >= 15 is 0 Å². The van der Waals surface area contributed by atoms with Crippen molar-refractivity contribution in [1.29, 1.82) is 0 Å². The highest BCUT2D eigenvalue weighted by molar-refractivity contribution is 5.76. The van der Waals surface area contributed by atoms with Crippen LogP contribution in [0.1, 0.15) is 24.8 Å². The van der Waals surface area contributed by atoms with E-state index in [0.29, 0.717) is 19.5 Å². The molecule has 4 heteroatoms. The molecule has 0 bridgehead atoms. The van der Waals surface area contributed by atoms with Crippen LogP contribution < -0.4 is 5.32 Å². The number of hydrogen-bond acceptors (Lipinski definition) is 3. The second kappa shape index (κ2) is 6.52. The average molecular weight is 248 g/mol. The quantitative estimate of drug-likeness (QED) is 0.850. The van der Waals surface area contributed by atoms with Crippen molar-refractivity contribution < 1.29 is 10.0 Å². The fourth-order valence-corrected chi connectivity index (χ4v) is 2.21. The van der Waals surface area contributed by atoms with Gasteiger partial charge in [0.05, 0.1) is 0 Å². The minimum absolute atomic E-state index is 0.107. The standard InChI is InChI=1S/C14H20N2O2/c17-14(7-6-12-4-2-1-3-5-12)15-13-8-10-16(18)11-9-13/h1-5,13,18H,6-11H2,(H,15,17). The van der Waals surface area contributed by atoms with Crippen LogP contribution in [0.15, 0.2) is 30.3 Å². The number of benzene rings is 1. The number of hydroxylamine groups is 2. The number of aryl methyl sites for hydroxylation is 1. The first-order valence-electron chi connectivity index (χ1n) is 6.51. The number of nitrogens with zero attached hydrogens (tertiary/aromatic N) is 1. The van der Waals surface area contributed by atoms with E-state index in [-0.39, 0.29) is 11.9 Å². The summed E-state index contributed by atoms with van der Waals surface area (Å²) in [5, 5.41) is 13.6. The maximum atomic E-state index is 11.8. The molecule has 4 nitrogen and oxygen atoms in total. The number of nitrogens with one attached hydrogen (secondary N) is 1. The van der Waals surface area contributed by atoms with E-state index < -0.39 is 0 Å². The smallest absolute Gasteiger partial charge is 0.220 e. The summed E-state index contributed by atoms with van der Waals surface area (Å²) in [4.78, 5) is 11.8. The van der Waals surface area contributed by atoms with E-state index in [2.05, 4.69) is 5.32 Å². The molecule has 0 spiro atoms. The maximum absolute atomic E-state index is 11.8. The van der Waals surface area contributed by atoms with Gasteiger partial charge in [0.2, 0.25) is 5.91 Å². The van der Waals surface area contributed by atoms with Crippen molar-refractivity contribution in [3.8, 4) is 0 Å². The highest BCUT2D eigenvalue weighted by Crippen LogP contribution is 2.09. The molecular formula is C14H20N2O2. The SMILES string of the molecule is O=C(CCc1ccccc1)NC1CCN(O)CC1. The first-order valence-corrected chi connectivity index (χ1v) is 6.51. The summed E-state index contributed by atoms with van der Waals surface area (Å²) in [6.45, 7) is 1.28. The molecule has 0 saturated carbocycles. The van der Waals surface area contributed by atoms with Crippen molar-refractivity contribution in [3.05, 3.63) is 35.9 Å². The molecular weight excluding hydrogens is 228 g/mol. The molecule has 1 aromatic rings. The van der Waals surface area contributed by atoms with Gasteiger partial charge in [0, 0.05) is 25.6 Å². The summed E-state index contributed by atoms with van der Waals surface area (Å²) in [7, 11) is 0. The normalized spacial score (nSPS) is 17.6. The number of piperidine rings is 1. The lowest BCUT2D eigenvalue weighted by atomic mass is 10.1. The Kier molecular flexibility index (Phi) is 4.73. The summed E-state index contributed by atoms with van der Waals surface area (Å²) in [5.74, 6) is 0.107. The van der Waals surface area contributed by atoms with Crippen LogP contribution >= 0.6 is 0 Å². The number of hydrogen-bond donors (Lipinski definition) is 2. The molecule has 1 fully saturated rings. The second-order valence-electron chi connectivity index (χ2n) is 4.78. The molecule has 2 rings (SSSR count). The van der Waals surface area contributed by atoms with Gasteiger partial charge in [-0.05, 0) is 24.8 Å². The zero-order chi connectivity index (χ0) is 12.8. The Hall–Kier alpha value is -1.39. The van der Waals surface area contributed by atoms with Gasteiger partial charge in [-0.1, -0.05) is 30.3 Å². The van der Waals surface area contributed by atoms with Gasteiger partial charge in [0.25, 0.3) is 0 Å². The second-order valence-corrected chi connectivity index (χ2v) is 4.78. The Labute approximate surface area is 108 Å². The Morgan fingerprint density at radius 3 is 2.61 bits per heavy atom. The molecule has 0 unspecified atom stereocenters. The summed E-state index contributed by atoms with van der Waals surface area (Å²) in [6, 6.07) is 10.3. The lowest BCUT2D eigenvalue weighted by Crippen LogP contribution is -2.43. The Bertz CT molecular complexity index is 373. The van der Waals surface area contributed by atoms with Crippen molar-refractivity contribution in [1.82, 2.24) is 10.4 Å². The van der Waals surface area contributed by atoms with E-state index in [1.807, 2.05) is 30.3 Å².